The fraction of sp³-hybridized carbons (Fsp3) is 0.740. The molecule has 1 aliphatic heterocycles. The third kappa shape index (κ3) is 30.3. The number of nitrogens with one attached hydrogen (secondary N) is 1. The summed E-state index contributed by atoms with van der Waals surface area (Å²) in [6, 6.07) is -0.838. The topological polar surface area (TPSA) is 149 Å². The van der Waals surface area contributed by atoms with Crippen molar-refractivity contribution < 1.29 is 39.8 Å². The highest BCUT2D eigenvalue weighted by Crippen LogP contribution is 2.22. The smallest absolute Gasteiger partial charge is 0.220 e. The Balaban J connectivity index is 2.40. The molecule has 1 fully saturated rings. The lowest BCUT2D eigenvalue weighted by Gasteiger charge is -2.40. The molecule has 1 rings (SSSR count). The van der Waals surface area contributed by atoms with E-state index < -0.39 is 49.5 Å². The second-order valence-corrected chi connectivity index (χ2v) is 16.2. The van der Waals surface area contributed by atoms with Gasteiger partial charge < -0.3 is 40.3 Å². The molecule has 6 N–H and O–H groups in total. The molecule has 340 valence electrons. The molecule has 0 aliphatic carbocycles. The number of carbonyl (C=O) groups excluding carboxylic acids is 1. The van der Waals surface area contributed by atoms with Gasteiger partial charge in [-0.25, -0.2) is 0 Å². The molecule has 1 heterocycles. The summed E-state index contributed by atoms with van der Waals surface area (Å²) in [6.07, 6.45) is 46.6. The Kier molecular flexibility index (Phi) is 36.8. The maximum Gasteiger partial charge on any atom is 0.220 e. The summed E-state index contributed by atoms with van der Waals surface area (Å²) in [7, 11) is 0. The third-order valence-corrected chi connectivity index (χ3v) is 10.8. The molecule has 0 aromatic carbocycles. The van der Waals surface area contributed by atoms with Gasteiger partial charge in [0.25, 0.3) is 0 Å². The van der Waals surface area contributed by atoms with Crippen LogP contribution in [0.2, 0.25) is 0 Å². The standard InChI is InChI=1S/C50H87NO8/c1-3-5-7-9-11-13-15-17-19-21-22-24-25-27-29-31-33-35-37-39-44(53)43(42-58-50-49(57)48(56)47(55)45(41-52)59-50)51-46(54)40-38-36-34-32-30-28-26-23-20-18-16-14-12-10-8-6-4-2/h6,8,12,14,18,20,26,28-29,31,37,39,43-45,47-50,52-53,55-57H,3-5,7,9-11,13,15-17,19,21-25,27,30,32-36,38,40-42H2,1-2H3,(H,51,54)/b8-6-,14-12-,20-18-,28-26-,31-29+,39-37+. The van der Waals surface area contributed by atoms with Crippen LogP contribution in [0.1, 0.15) is 181 Å². The van der Waals surface area contributed by atoms with Crippen molar-refractivity contribution >= 4 is 5.91 Å². The summed E-state index contributed by atoms with van der Waals surface area (Å²) < 4.78 is 11.2. The van der Waals surface area contributed by atoms with E-state index in [-0.39, 0.29) is 12.5 Å². The van der Waals surface area contributed by atoms with Crippen LogP contribution in [0.25, 0.3) is 0 Å². The molecule has 9 nitrogen and oxygen atoms in total. The van der Waals surface area contributed by atoms with Crippen LogP contribution in [0.15, 0.2) is 72.9 Å². The predicted octanol–water partition coefficient (Wildman–Crippen LogP) is 10.2. The van der Waals surface area contributed by atoms with Crippen molar-refractivity contribution in [2.24, 2.45) is 0 Å². The summed E-state index contributed by atoms with van der Waals surface area (Å²) in [6.45, 7) is 3.62. The Hall–Kier alpha value is -2.37. The molecule has 1 saturated heterocycles. The average Bonchev–Trinajstić information content (AvgIpc) is 3.23. The largest absolute Gasteiger partial charge is 0.394 e. The average molecular weight is 830 g/mol. The summed E-state index contributed by atoms with van der Waals surface area (Å²) >= 11 is 0. The van der Waals surface area contributed by atoms with Gasteiger partial charge in [-0.05, 0) is 70.6 Å². The zero-order chi connectivity index (χ0) is 43.0. The molecule has 0 radical (unpaired) electrons. The van der Waals surface area contributed by atoms with Crippen LogP contribution >= 0.6 is 0 Å². The van der Waals surface area contributed by atoms with E-state index in [4.69, 9.17) is 9.47 Å². The highest BCUT2D eigenvalue weighted by Gasteiger charge is 2.44. The zero-order valence-corrected chi connectivity index (χ0v) is 37.2. The van der Waals surface area contributed by atoms with Crippen molar-refractivity contribution in [2.75, 3.05) is 13.2 Å². The van der Waals surface area contributed by atoms with Crippen molar-refractivity contribution in [2.45, 2.75) is 224 Å². The Morgan fingerprint density at radius 1 is 0.593 bits per heavy atom. The second kappa shape index (κ2) is 39.7. The normalized spacial score (nSPS) is 21.4. The lowest BCUT2D eigenvalue weighted by Crippen LogP contribution is -2.60. The van der Waals surface area contributed by atoms with E-state index in [9.17, 15) is 30.3 Å². The van der Waals surface area contributed by atoms with E-state index in [0.29, 0.717) is 6.42 Å². The first-order valence-electron chi connectivity index (χ1n) is 23.7. The lowest BCUT2D eigenvalue weighted by atomic mass is 9.99. The lowest BCUT2D eigenvalue weighted by molar-refractivity contribution is -0.302. The van der Waals surface area contributed by atoms with Crippen LogP contribution in [-0.4, -0.2) is 87.5 Å². The van der Waals surface area contributed by atoms with Gasteiger partial charge in [0.05, 0.1) is 25.4 Å². The number of amides is 1. The maximum atomic E-state index is 13.0. The molecule has 7 unspecified atom stereocenters. The van der Waals surface area contributed by atoms with Crippen LogP contribution in [-0.2, 0) is 14.3 Å². The van der Waals surface area contributed by atoms with Gasteiger partial charge in [0.2, 0.25) is 5.91 Å². The third-order valence-electron chi connectivity index (χ3n) is 10.8. The molecular formula is C50H87NO8. The van der Waals surface area contributed by atoms with E-state index in [1.807, 2.05) is 6.08 Å². The van der Waals surface area contributed by atoms with Gasteiger partial charge in [-0.2, -0.15) is 0 Å². The number of aliphatic hydroxyl groups excluding tert-OH is 5. The minimum absolute atomic E-state index is 0.213. The SMILES string of the molecule is CC/C=C\C/C=C\C/C=C\C/C=C\CCCCCCC(=O)NC(COC1OC(CO)C(O)C(O)C1O)C(O)/C=C/CC/C=C/CCCCCCCCCCCCCCC. The van der Waals surface area contributed by atoms with Crippen molar-refractivity contribution in [3.8, 4) is 0 Å². The molecule has 1 amide bonds. The number of carbonyl (C=O) groups is 1. The number of aliphatic hydroxyl groups is 5. The molecule has 0 aromatic heterocycles. The van der Waals surface area contributed by atoms with Gasteiger partial charge in [-0.1, -0.05) is 177 Å². The molecule has 9 heteroatoms. The van der Waals surface area contributed by atoms with Crippen LogP contribution in [0.3, 0.4) is 0 Å². The number of rotatable bonds is 38. The Morgan fingerprint density at radius 2 is 1.07 bits per heavy atom. The summed E-state index contributed by atoms with van der Waals surface area (Å²) in [5.74, 6) is -0.213. The molecule has 59 heavy (non-hydrogen) atoms. The highest BCUT2D eigenvalue weighted by molar-refractivity contribution is 5.76. The first-order chi connectivity index (χ1) is 28.8. The minimum Gasteiger partial charge on any atom is -0.394 e. The molecule has 0 spiro atoms. The van der Waals surface area contributed by atoms with Crippen LogP contribution in [0, 0.1) is 0 Å². The highest BCUT2D eigenvalue weighted by atomic mass is 16.7. The molecule has 0 bridgehead atoms. The van der Waals surface area contributed by atoms with E-state index in [0.717, 1.165) is 77.0 Å². The maximum absolute atomic E-state index is 13.0. The monoisotopic (exact) mass is 830 g/mol. The van der Waals surface area contributed by atoms with Gasteiger partial charge in [0, 0.05) is 6.42 Å². The van der Waals surface area contributed by atoms with E-state index >= 15 is 0 Å². The minimum atomic E-state index is -1.58. The fourth-order valence-corrected chi connectivity index (χ4v) is 6.98. The molecule has 0 aromatic rings. The predicted molar refractivity (Wildman–Crippen MR) is 244 cm³/mol. The number of hydrogen-bond acceptors (Lipinski definition) is 8. The van der Waals surface area contributed by atoms with E-state index in [2.05, 4.69) is 79.9 Å². The van der Waals surface area contributed by atoms with E-state index in [1.54, 1.807) is 6.08 Å². The summed E-state index contributed by atoms with van der Waals surface area (Å²) in [4.78, 5) is 13.0. The first kappa shape index (κ1) is 54.6. The molecule has 0 saturated carbocycles. The van der Waals surface area contributed by atoms with Gasteiger partial charge in [-0.3, -0.25) is 4.79 Å². The number of unbranched alkanes of at least 4 members (excludes halogenated alkanes) is 18. The number of hydrogen-bond donors (Lipinski definition) is 6. The fourth-order valence-electron chi connectivity index (χ4n) is 6.98. The zero-order valence-electron chi connectivity index (χ0n) is 37.2. The quantitative estimate of drug-likeness (QED) is 0.0266. The number of allylic oxidation sites excluding steroid dienone is 11. The van der Waals surface area contributed by atoms with Gasteiger partial charge >= 0.3 is 0 Å². The van der Waals surface area contributed by atoms with Crippen molar-refractivity contribution in [1.82, 2.24) is 5.32 Å². The van der Waals surface area contributed by atoms with Crippen LogP contribution < -0.4 is 5.32 Å². The van der Waals surface area contributed by atoms with Gasteiger partial charge in [0.1, 0.15) is 24.4 Å². The summed E-state index contributed by atoms with van der Waals surface area (Å²) in [5.41, 5.74) is 0. The Bertz CT molecular complexity index is 1150. The second-order valence-electron chi connectivity index (χ2n) is 16.2. The summed E-state index contributed by atoms with van der Waals surface area (Å²) in [5, 5.41) is 54.2. The van der Waals surface area contributed by atoms with Crippen LogP contribution in [0.4, 0.5) is 0 Å². The molecule has 7 atom stereocenters. The van der Waals surface area contributed by atoms with E-state index in [1.165, 1.54) is 83.5 Å². The first-order valence-corrected chi connectivity index (χ1v) is 23.7. The van der Waals surface area contributed by atoms with Crippen LogP contribution in [0.5, 0.6) is 0 Å². The van der Waals surface area contributed by atoms with Gasteiger partial charge in [0.15, 0.2) is 6.29 Å². The molecular weight excluding hydrogens is 743 g/mol. The number of ether oxygens (including phenoxy) is 2. The van der Waals surface area contributed by atoms with Gasteiger partial charge in [-0.15, -0.1) is 0 Å². The van der Waals surface area contributed by atoms with Crippen molar-refractivity contribution in [1.29, 1.82) is 0 Å². The van der Waals surface area contributed by atoms with Crippen molar-refractivity contribution in [3.05, 3.63) is 72.9 Å². The Morgan fingerprint density at radius 3 is 1.63 bits per heavy atom. The molecule has 1 aliphatic rings. The Labute approximate surface area is 359 Å². The van der Waals surface area contributed by atoms with Crippen molar-refractivity contribution in [3.63, 3.8) is 0 Å².